The summed E-state index contributed by atoms with van der Waals surface area (Å²) in [5, 5.41) is 11.0. The molecule has 2 aliphatic rings. The highest BCUT2D eigenvalue weighted by Gasteiger charge is 2.46. The zero-order valence-corrected chi connectivity index (χ0v) is 54.9. The van der Waals surface area contributed by atoms with Crippen molar-refractivity contribution in [1.29, 1.82) is 5.26 Å². The molecule has 0 radical (unpaired) electrons. The van der Waals surface area contributed by atoms with Gasteiger partial charge in [0.1, 0.15) is 6.07 Å². The maximum atomic E-state index is 11.6. The molecular formula is C89H79BN4. The second-order valence-electron chi connectivity index (χ2n) is 28.9. The molecule has 1 aromatic heterocycles. The van der Waals surface area contributed by atoms with E-state index < -0.39 is 126 Å². The number of rotatable bonds is 8. The number of hydrogen-bond acceptors (Lipinski definition) is 3. The summed E-state index contributed by atoms with van der Waals surface area (Å²) in [6, 6.07) is 44.9. The van der Waals surface area contributed by atoms with E-state index in [2.05, 4.69) is 203 Å². The molecule has 94 heavy (non-hydrogen) atoms. The van der Waals surface area contributed by atoms with Crippen LogP contribution in [-0.2, 0) is 21.7 Å². The molecular weight excluding hydrogens is 1140 g/mol. The second-order valence-corrected chi connectivity index (χ2v) is 28.9. The molecule has 0 unspecified atom stereocenters. The lowest BCUT2D eigenvalue weighted by Gasteiger charge is -2.46. The Balaban J connectivity index is 1.13. The average Bonchev–Trinajstić information content (AvgIpc) is 1.56. The minimum Gasteiger partial charge on any atom is -0.311 e. The van der Waals surface area contributed by atoms with E-state index >= 15 is 0 Å². The van der Waals surface area contributed by atoms with Gasteiger partial charge in [-0.15, -0.1) is 0 Å². The maximum absolute atomic E-state index is 11.6. The quantitative estimate of drug-likeness (QED) is 0.142. The number of anilines is 6. The summed E-state index contributed by atoms with van der Waals surface area (Å²) in [5.41, 5.74) is 13.5. The van der Waals surface area contributed by atoms with Crippen LogP contribution >= 0.6 is 0 Å². The monoisotopic (exact) mass is 1230 g/mol. The van der Waals surface area contributed by atoms with Crippen LogP contribution in [0.4, 0.5) is 34.1 Å². The lowest BCUT2D eigenvalue weighted by molar-refractivity contribution is 0.569. The van der Waals surface area contributed by atoms with E-state index in [4.69, 9.17) is 9.60 Å². The van der Waals surface area contributed by atoms with Crippen LogP contribution in [0.15, 0.2) is 260 Å². The third-order valence-electron chi connectivity index (χ3n) is 18.7. The number of aromatic nitrogens is 1. The van der Waals surface area contributed by atoms with Crippen LogP contribution < -0.4 is 26.2 Å². The van der Waals surface area contributed by atoms with E-state index in [1.54, 1.807) is 18.2 Å². The molecule has 15 rings (SSSR count). The molecule has 458 valence electrons. The van der Waals surface area contributed by atoms with E-state index in [0.29, 0.717) is 22.5 Å². The van der Waals surface area contributed by atoms with Crippen molar-refractivity contribution in [2.24, 2.45) is 0 Å². The number of hydrogen-bond donors (Lipinski definition) is 0. The van der Waals surface area contributed by atoms with Gasteiger partial charge in [0, 0.05) is 50.3 Å². The van der Waals surface area contributed by atoms with Gasteiger partial charge in [0.2, 0.25) is 0 Å². The fraction of sp³-hybridized carbons (Fsp3) is 0.180. The van der Waals surface area contributed by atoms with Gasteiger partial charge in [-0.2, -0.15) is 5.26 Å². The van der Waals surface area contributed by atoms with Gasteiger partial charge in [-0.1, -0.05) is 277 Å². The predicted molar refractivity (Wildman–Crippen MR) is 401 cm³/mol. The van der Waals surface area contributed by atoms with Crippen LogP contribution in [0.1, 0.15) is 134 Å². The zero-order chi connectivity index (χ0) is 80.0. The minimum atomic E-state index is -0.777. The Morgan fingerprint density at radius 1 is 0.362 bits per heavy atom. The highest BCUT2D eigenvalue weighted by Crippen LogP contribution is 2.54. The third kappa shape index (κ3) is 10.2. The van der Waals surface area contributed by atoms with Gasteiger partial charge >= 0.3 is 0 Å². The first-order valence-electron chi connectivity index (χ1n) is 40.4. The fourth-order valence-electron chi connectivity index (χ4n) is 13.6. The van der Waals surface area contributed by atoms with Crippen molar-refractivity contribution in [3.05, 3.63) is 288 Å². The average molecular weight is 1230 g/mol. The summed E-state index contributed by atoms with van der Waals surface area (Å²) in [6.45, 7) is 25.8. The first kappa shape index (κ1) is 43.4. The first-order chi connectivity index (χ1) is 52.2. The lowest BCUT2D eigenvalue weighted by atomic mass is 9.33. The normalized spacial score (nSPS) is 15.6. The summed E-state index contributed by atoms with van der Waals surface area (Å²) < 4.78 is 159. The number of para-hydroxylation sites is 1. The molecule has 2 aliphatic heterocycles. The van der Waals surface area contributed by atoms with Crippen molar-refractivity contribution in [2.75, 3.05) is 9.80 Å². The Kier molecular flexibility index (Phi) is 10.4. The van der Waals surface area contributed by atoms with Gasteiger partial charge in [-0.05, 0) is 171 Å². The molecule has 0 saturated carbocycles. The van der Waals surface area contributed by atoms with Gasteiger partial charge in [-0.3, -0.25) is 0 Å². The molecule has 0 aliphatic carbocycles. The summed E-state index contributed by atoms with van der Waals surface area (Å²) in [7, 11) is 0. The highest BCUT2D eigenvalue weighted by atomic mass is 15.2. The molecule has 0 atom stereocenters. The Bertz CT molecular complexity index is 6100. The van der Waals surface area contributed by atoms with Gasteiger partial charge in [-0.25, -0.2) is 0 Å². The SMILES string of the molecule is [2H]c1c([2H])c([2H])c(-c2ccc3c(c2)N(c2ccc(C#N)c(-n4c5c([2H])c([2H])c([2H])c([2H])c5c5c(-c6c([2H])c([2H])c([2H])c([2H])c6[2H])c([2H])c([2H])c([2H])c54)c2)c2cc(C(C)(C)C)cc4c2B3c2ccc(-c3cc(C(C)(C)C)cc(C(C)(C)C)c3)cc2N4c2c(-c3ccccc3)cc(C(C)(C)C)cc2-c2ccccc2)c([2H])c1[2H]. The number of fused-ring (bicyclic) bond motifs is 7. The van der Waals surface area contributed by atoms with E-state index in [9.17, 15) is 19.0 Å². The molecule has 0 bridgehead atoms. The van der Waals surface area contributed by atoms with E-state index in [1.807, 2.05) is 29.2 Å². The van der Waals surface area contributed by atoms with Crippen LogP contribution in [0.5, 0.6) is 0 Å². The van der Waals surface area contributed by atoms with Crippen LogP contribution in [0, 0.1) is 11.3 Å². The van der Waals surface area contributed by atoms with Crippen LogP contribution in [0.2, 0.25) is 0 Å². The number of nitrogens with zero attached hydrogens (tertiary/aromatic N) is 4. The Morgan fingerprint density at radius 3 is 1.41 bits per heavy atom. The van der Waals surface area contributed by atoms with E-state index in [1.165, 1.54) is 21.8 Å². The van der Waals surface area contributed by atoms with Crippen LogP contribution in [0.3, 0.4) is 0 Å². The van der Waals surface area contributed by atoms with Crippen molar-refractivity contribution >= 4 is 79.0 Å². The fourth-order valence-corrected chi connectivity index (χ4v) is 13.6. The minimum absolute atomic E-state index is 0.0657. The summed E-state index contributed by atoms with van der Waals surface area (Å²) in [6.07, 6.45) is 0. The smallest absolute Gasteiger partial charge is 0.252 e. The molecule has 0 fully saturated rings. The highest BCUT2D eigenvalue weighted by molar-refractivity contribution is 7.00. The lowest BCUT2D eigenvalue weighted by Crippen LogP contribution is -2.61. The van der Waals surface area contributed by atoms with Crippen molar-refractivity contribution in [3.63, 3.8) is 0 Å². The number of benzene rings is 12. The van der Waals surface area contributed by atoms with Gasteiger partial charge in [0.15, 0.2) is 0 Å². The standard InChI is InChI=1S/C89H79BN4/c1-86(2,3)65-46-64(47-66(50-65)87(4,5)6)62-42-45-75-80(49-62)94(85-72(59-32-21-15-22-33-59)51-67(88(7,8)9)52-73(85)60-34-23-16-24-35-60)82-54-68(89(10,11)12)53-81-84(82)90(75)74-44-41-61(57-28-17-13-18-29-57)48-79(74)92(81)69-43-40-63(56-91)78(55-69)93-76-38-26-25-36-71(76)83-70(37-27-39-77(83)93)58-30-19-14-20-31-58/h13-55H,1-12H3/i13D,14D,17D,18D,19D,20D,25D,26D,27D,28D,29D,30D,31D,36D,37D,38D,39D. The Hall–Kier alpha value is -10.4. The van der Waals surface area contributed by atoms with Gasteiger partial charge < -0.3 is 14.4 Å². The molecule has 12 aromatic carbocycles. The molecule has 13 aromatic rings. The summed E-state index contributed by atoms with van der Waals surface area (Å²) in [4.78, 5) is 4.44. The molecule has 3 heterocycles. The van der Waals surface area contributed by atoms with Crippen molar-refractivity contribution in [3.8, 4) is 67.4 Å². The third-order valence-corrected chi connectivity index (χ3v) is 18.7. The van der Waals surface area contributed by atoms with Crippen molar-refractivity contribution < 1.29 is 23.3 Å². The zero-order valence-electron chi connectivity index (χ0n) is 71.9. The van der Waals surface area contributed by atoms with E-state index in [-0.39, 0.29) is 60.4 Å². The summed E-state index contributed by atoms with van der Waals surface area (Å²) in [5.74, 6) is 0. The topological polar surface area (TPSA) is 35.2 Å². The first-order valence-corrected chi connectivity index (χ1v) is 31.9. The predicted octanol–water partition coefficient (Wildman–Crippen LogP) is 22.3. The molecule has 0 N–H and O–H groups in total. The molecule has 4 nitrogen and oxygen atoms in total. The van der Waals surface area contributed by atoms with Crippen molar-refractivity contribution in [1.82, 2.24) is 4.57 Å². The Morgan fingerprint density at radius 2 is 0.851 bits per heavy atom. The van der Waals surface area contributed by atoms with Crippen LogP contribution in [0.25, 0.3) is 83.1 Å². The van der Waals surface area contributed by atoms with Gasteiger partial charge in [0.25, 0.3) is 6.71 Å². The Labute approximate surface area is 580 Å². The maximum Gasteiger partial charge on any atom is 0.252 e. The van der Waals surface area contributed by atoms with Gasteiger partial charge in [0.05, 0.1) is 51.3 Å². The van der Waals surface area contributed by atoms with Crippen molar-refractivity contribution in [2.45, 2.75) is 105 Å². The molecule has 0 amide bonds. The van der Waals surface area contributed by atoms with E-state index in [0.717, 1.165) is 72.5 Å². The summed E-state index contributed by atoms with van der Waals surface area (Å²) >= 11 is 0. The second kappa shape index (κ2) is 22.4. The molecule has 0 spiro atoms. The number of nitriles is 1. The molecule has 5 heteroatoms. The largest absolute Gasteiger partial charge is 0.311 e. The molecule has 0 saturated heterocycles. The van der Waals surface area contributed by atoms with Crippen LogP contribution in [-0.4, -0.2) is 11.3 Å².